The van der Waals surface area contributed by atoms with Gasteiger partial charge in [-0.1, -0.05) is 23.2 Å². The van der Waals surface area contributed by atoms with Gasteiger partial charge in [0, 0.05) is 18.7 Å². The molecule has 0 radical (unpaired) electrons. The number of halogens is 2. The molecule has 1 aliphatic heterocycles. The summed E-state index contributed by atoms with van der Waals surface area (Å²) >= 11 is 12.1. The summed E-state index contributed by atoms with van der Waals surface area (Å²) in [6.07, 6.45) is 3.09. The smallest absolute Gasteiger partial charge is 0.151 e. The molecule has 2 nitrogen and oxygen atoms in total. The third kappa shape index (κ3) is 1.97. The third-order valence-corrected chi connectivity index (χ3v) is 3.55. The lowest BCUT2D eigenvalue weighted by molar-refractivity contribution is 0.112. The van der Waals surface area contributed by atoms with Crippen LogP contribution in [0.25, 0.3) is 0 Å². The Morgan fingerprint density at radius 2 is 1.80 bits per heavy atom. The van der Waals surface area contributed by atoms with Gasteiger partial charge in [0.1, 0.15) is 0 Å². The number of carbonyl (C=O) groups is 1. The molecule has 80 valence electrons. The predicted molar refractivity (Wildman–Crippen MR) is 63.3 cm³/mol. The quantitative estimate of drug-likeness (QED) is 0.743. The number of hydrogen-bond donors (Lipinski definition) is 0. The Hall–Kier alpha value is -0.730. The highest BCUT2D eigenvalue weighted by atomic mass is 35.5. The number of aldehydes is 1. The minimum atomic E-state index is 0.357. The van der Waals surface area contributed by atoms with E-state index in [2.05, 4.69) is 4.90 Å². The summed E-state index contributed by atoms with van der Waals surface area (Å²) in [6.45, 7) is 2.02. The van der Waals surface area contributed by atoms with Crippen molar-refractivity contribution in [1.82, 2.24) is 0 Å². The van der Waals surface area contributed by atoms with Crippen molar-refractivity contribution in [1.29, 1.82) is 0 Å². The first-order valence-electron chi connectivity index (χ1n) is 4.92. The summed E-state index contributed by atoms with van der Waals surface area (Å²) in [4.78, 5) is 12.9. The van der Waals surface area contributed by atoms with E-state index in [-0.39, 0.29) is 0 Å². The minimum Gasteiger partial charge on any atom is -0.370 e. The zero-order chi connectivity index (χ0) is 10.8. The molecule has 0 aromatic heterocycles. The summed E-state index contributed by atoms with van der Waals surface area (Å²) in [5, 5.41) is 0.847. The van der Waals surface area contributed by atoms with Gasteiger partial charge in [-0.15, -0.1) is 0 Å². The van der Waals surface area contributed by atoms with E-state index >= 15 is 0 Å². The molecule has 2 rings (SSSR count). The van der Waals surface area contributed by atoms with Gasteiger partial charge in [0.15, 0.2) is 6.29 Å². The van der Waals surface area contributed by atoms with Crippen LogP contribution in [0.5, 0.6) is 0 Å². The van der Waals surface area contributed by atoms with Crippen molar-refractivity contribution < 1.29 is 4.79 Å². The Balaban J connectivity index is 2.40. The van der Waals surface area contributed by atoms with Gasteiger partial charge >= 0.3 is 0 Å². The molecular weight excluding hydrogens is 233 g/mol. The van der Waals surface area contributed by atoms with E-state index in [1.807, 2.05) is 6.07 Å². The largest absolute Gasteiger partial charge is 0.370 e. The van der Waals surface area contributed by atoms with Crippen LogP contribution in [0.15, 0.2) is 12.1 Å². The van der Waals surface area contributed by atoms with Crippen LogP contribution in [-0.2, 0) is 0 Å². The minimum absolute atomic E-state index is 0.357. The Labute approximate surface area is 98.8 Å². The van der Waals surface area contributed by atoms with E-state index in [1.54, 1.807) is 6.07 Å². The van der Waals surface area contributed by atoms with Crippen molar-refractivity contribution in [3.63, 3.8) is 0 Å². The lowest BCUT2D eigenvalue weighted by Crippen LogP contribution is -2.18. The highest BCUT2D eigenvalue weighted by Gasteiger charge is 2.17. The number of rotatable bonds is 2. The van der Waals surface area contributed by atoms with Crippen LogP contribution in [0.3, 0.4) is 0 Å². The first kappa shape index (κ1) is 10.8. The van der Waals surface area contributed by atoms with Crippen molar-refractivity contribution in [2.75, 3.05) is 18.0 Å². The maximum atomic E-state index is 10.7. The van der Waals surface area contributed by atoms with Crippen LogP contribution in [0.1, 0.15) is 23.2 Å². The molecule has 0 amide bonds. The molecule has 1 fully saturated rings. The molecule has 1 aromatic carbocycles. The molecule has 1 aliphatic rings. The molecule has 1 saturated heterocycles. The third-order valence-electron chi connectivity index (χ3n) is 2.67. The Morgan fingerprint density at radius 1 is 1.13 bits per heavy atom. The Morgan fingerprint density at radius 3 is 2.40 bits per heavy atom. The molecule has 15 heavy (non-hydrogen) atoms. The number of benzene rings is 1. The summed E-state index contributed by atoms with van der Waals surface area (Å²) in [7, 11) is 0. The molecule has 0 saturated carbocycles. The van der Waals surface area contributed by atoms with Gasteiger partial charge in [-0.2, -0.15) is 0 Å². The van der Waals surface area contributed by atoms with E-state index in [0.29, 0.717) is 15.6 Å². The van der Waals surface area contributed by atoms with Crippen LogP contribution < -0.4 is 4.90 Å². The maximum absolute atomic E-state index is 10.7. The van der Waals surface area contributed by atoms with Gasteiger partial charge < -0.3 is 4.90 Å². The second-order valence-electron chi connectivity index (χ2n) is 3.61. The van der Waals surface area contributed by atoms with Crippen LogP contribution >= 0.6 is 23.2 Å². The number of nitrogens with zero attached hydrogens (tertiary/aromatic N) is 1. The summed E-state index contributed by atoms with van der Waals surface area (Å²) in [5.74, 6) is 0. The van der Waals surface area contributed by atoms with Crippen molar-refractivity contribution in [3.05, 3.63) is 27.7 Å². The molecule has 1 aromatic rings. The van der Waals surface area contributed by atoms with Gasteiger partial charge in [0.2, 0.25) is 0 Å². The molecule has 0 spiro atoms. The SMILES string of the molecule is O=Cc1ccc(N2CCCC2)c(Cl)c1Cl. The molecule has 1 heterocycles. The monoisotopic (exact) mass is 243 g/mol. The average Bonchev–Trinajstić information content (AvgIpc) is 2.75. The summed E-state index contributed by atoms with van der Waals surface area (Å²) in [5.41, 5.74) is 1.38. The van der Waals surface area contributed by atoms with Crippen molar-refractivity contribution in [3.8, 4) is 0 Å². The summed E-state index contributed by atoms with van der Waals surface area (Å²) in [6, 6.07) is 3.58. The normalized spacial score (nSPS) is 15.7. The van der Waals surface area contributed by atoms with E-state index in [1.165, 1.54) is 12.8 Å². The average molecular weight is 244 g/mol. The van der Waals surface area contributed by atoms with E-state index in [4.69, 9.17) is 23.2 Å². The molecule has 0 unspecified atom stereocenters. The highest BCUT2D eigenvalue weighted by molar-refractivity contribution is 6.45. The molecule has 4 heteroatoms. The lowest BCUT2D eigenvalue weighted by atomic mass is 10.2. The van der Waals surface area contributed by atoms with E-state index < -0.39 is 0 Å². The fraction of sp³-hybridized carbons (Fsp3) is 0.364. The van der Waals surface area contributed by atoms with E-state index in [0.717, 1.165) is 25.1 Å². The van der Waals surface area contributed by atoms with Crippen molar-refractivity contribution in [2.45, 2.75) is 12.8 Å². The second-order valence-corrected chi connectivity index (χ2v) is 4.37. The van der Waals surface area contributed by atoms with Gasteiger partial charge in [-0.3, -0.25) is 4.79 Å². The van der Waals surface area contributed by atoms with Crippen LogP contribution in [0, 0.1) is 0 Å². The zero-order valence-electron chi connectivity index (χ0n) is 8.17. The van der Waals surface area contributed by atoms with Gasteiger partial charge in [0.05, 0.1) is 15.7 Å². The topological polar surface area (TPSA) is 20.3 Å². The fourth-order valence-electron chi connectivity index (χ4n) is 1.85. The molecular formula is C11H11Cl2NO. The zero-order valence-corrected chi connectivity index (χ0v) is 9.68. The lowest BCUT2D eigenvalue weighted by Gasteiger charge is -2.19. The van der Waals surface area contributed by atoms with Crippen molar-refractivity contribution >= 4 is 35.2 Å². The van der Waals surface area contributed by atoms with Crippen molar-refractivity contribution in [2.24, 2.45) is 0 Å². The summed E-state index contributed by atoms with van der Waals surface area (Å²) < 4.78 is 0. The molecule has 0 atom stereocenters. The Kier molecular flexibility index (Phi) is 3.17. The van der Waals surface area contributed by atoms with Gasteiger partial charge in [-0.25, -0.2) is 0 Å². The van der Waals surface area contributed by atoms with Crippen LogP contribution in [0.2, 0.25) is 10.0 Å². The number of hydrogen-bond acceptors (Lipinski definition) is 2. The Bertz CT molecular complexity index is 386. The standard InChI is InChI=1S/C11H11Cl2NO/c12-10-8(7-15)3-4-9(11(10)13)14-5-1-2-6-14/h3-4,7H,1-2,5-6H2. The maximum Gasteiger partial charge on any atom is 0.151 e. The first-order valence-corrected chi connectivity index (χ1v) is 5.68. The molecule has 0 N–H and O–H groups in total. The van der Waals surface area contributed by atoms with Gasteiger partial charge in [-0.05, 0) is 25.0 Å². The number of carbonyl (C=O) groups excluding carboxylic acids is 1. The fourth-order valence-corrected chi connectivity index (χ4v) is 2.34. The predicted octanol–water partition coefficient (Wildman–Crippen LogP) is 3.41. The number of anilines is 1. The van der Waals surface area contributed by atoms with E-state index in [9.17, 15) is 4.79 Å². The van der Waals surface area contributed by atoms with Crippen LogP contribution in [-0.4, -0.2) is 19.4 Å². The first-order chi connectivity index (χ1) is 7.24. The van der Waals surface area contributed by atoms with Gasteiger partial charge in [0.25, 0.3) is 0 Å². The highest BCUT2D eigenvalue weighted by Crippen LogP contribution is 2.35. The molecule has 0 aliphatic carbocycles. The van der Waals surface area contributed by atoms with Crippen LogP contribution in [0.4, 0.5) is 5.69 Å². The second kappa shape index (κ2) is 4.42. The molecule has 0 bridgehead atoms.